The molecule has 100 valence electrons. The van der Waals surface area contributed by atoms with Crippen LogP contribution in [0.1, 0.15) is 35.2 Å². The standard InChI is InChI=1S/C17H21NO/c1-12-9-16(14(3)18)10-13(2)17(12)19-11-15-7-5-4-6-8-15/h4-10,14H,11,18H2,1-3H3/t14-/m0/s1. The van der Waals surface area contributed by atoms with Crippen molar-refractivity contribution in [1.82, 2.24) is 0 Å². The molecule has 0 aliphatic rings. The van der Waals surface area contributed by atoms with Crippen LogP contribution in [0.3, 0.4) is 0 Å². The average Bonchev–Trinajstić information content (AvgIpc) is 2.38. The Bertz CT molecular complexity index is 523. The molecule has 0 unspecified atom stereocenters. The SMILES string of the molecule is Cc1cc([C@H](C)N)cc(C)c1OCc1ccccc1. The van der Waals surface area contributed by atoms with E-state index >= 15 is 0 Å². The van der Waals surface area contributed by atoms with E-state index in [1.165, 1.54) is 5.56 Å². The molecule has 0 bridgehead atoms. The van der Waals surface area contributed by atoms with Gasteiger partial charge in [0.15, 0.2) is 0 Å². The predicted molar refractivity (Wildman–Crippen MR) is 79.3 cm³/mol. The first-order chi connectivity index (χ1) is 9.08. The van der Waals surface area contributed by atoms with Gasteiger partial charge in [-0.2, -0.15) is 0 Å². The van der Waals surface area contributed by atoms with Crippen molar-refractivity contribution >= 4 is 0 Å². The molecule has 0 spiro atoms. The Balaban J connectivity index is 2.17. The van der Waals surface area contributed by atoms with Crippen LogP contribution in [0.5, 0.6) is 5.75 Å². The molecular weight excluding hydrogens is 234 g/mol. The molecule has 0 heterocycles. The quantitative estimate of drug-likeness (QED) is 0.899. The van der Waals surface area contributed by atoms with Crippen LogP contribution in [-0.2, 0) is 6.61 Å². The van der Waals surface area contributed by atoms with Gasteiger partial charge in [0.25, 0.3) is 0 Å². The van der Waals surface area contributed by atoms with Gasteiger partial charge in [-0.1, -0.05) is 42.5 Å². The maximum atomic E-state index is 5.95. The van der Waals surface area contributed by atoms with Gasteiger partial charge < -0.3 is 10.5 Å². The summed E-state index contributed by atoms with van der Waals surface area (Å²) in [7, 11) is 0. The van der Waals surface area contributed by atoms with Crippen molar-refractivity contribution in [2.45, 2.75) is 33.4 Å². The summed E-state index contributed by atoms with van der Waals surface area (Å²) in [5, 5.41) is 0. The van der Waals surface area contributed by atoms with Crippen molar-refractivity contribution in [2.75, 3.05) is 0 Å². The van der Waals surface area contributed by atoms with E-state index in [9.17, 15) is 0 Å². The Morgan fingerprint density at radius 2 is 1.63 bits per heavy atom. The smallest absolute Gasteiger partial charge is 0.125 e. The molecule has 1 atom stereocenters. The number of nitrogens with two attached hydrogens (primary N) is 1. The molecule has 0 fully saturated rings. The number of rotatable bonds is 4. The fraction of sp³-hybridized carbons (Fsp3) is 0.294. The van der Waals surface area contributed by atoms with E-state index in [1.54, 1.807) is 0 Å². The maximum Gasteiger partial charge on any atom is 0.125 e. The van der Waals surface area contributed by atoms with Crippen molar-refractivity contribution in [1.29, 1.82) is 0 Å². The van der Waals surface area contributed by atoms with E-state index in [1.807, 2.05) is 25.1 Å². The number of hydrogen-bond donors (Lipinski definition) is 1. The lowest BCUT2D eigenvalue weighted by molar-refractivity contribution is 0.302. The lowest BCUT2D eigenvalue weighted by Gasteiger charge is -2.15. The van der Waals surface area contributed by atoms with Gasteiger partial charge in [-0.25, -0.2) is 0 Å². The number of aryl methyl sites for hydroxylation is 2. The monoisotopic (exact) mass is 255 g/mol. The summed E-state index contributed by atoms with van der Waals surface area (Å²) >= 11 is 0. The Kier molecular flexibility index (Phi) is 4.23. The molecule has 0 saturated carbocycles. The number of ether oxygens (including phenoxy) is 1. The predicted octanol–water partition coefficient (Wildman–Crippen LogP) is 3.90. The molecule has 0 saturated heterocycles. The minimum atomic E-state index is 0.0561. The second-order valence-corrected chi connectivity index (χ2v) is 5.05. The highest BCUT2D eigenvalue weighted by molar-refractivity contribution is 5.44. The lowest BCUT2D eigenvalue weighted by atomic mass is 10.0. The first-order valence-corrected chi connectivity index (χ1v) is 6.61. The molecule has 2 nitrogen and oxygen atoms in total. The van der Waals surface area contributed by atoms with Gasteiger partial charge in [-0.05, 0) is 43.0 Å². The van der Waals surface area contributed by atoms with Gasteiger partial charge in [0.2, 0.25) is 0 Å². The third-order valence-corrected chi connectivity index (χ3v) is 3.23. The van der Waals surface area contributed by atoms with E-state index in [2.05, 4.69) is 38.1 Å². The van der Waals surface area contributed by atoms with Crippen LogP contribution in [0.4, 0.5) is 0 Å². The van der Waals surface area contributed by atoms with Crippen LogP contribution in [0, 0.1) is 13.8 Å². The summed E-state index contributed by atoms with van der Waals surface area (Å²) in [6.07, 6.45) is 0. The van der Waals surface area contributed by atoms with E-state index in [0.717, 1.165) is 22.4 Å². The zero-order valence-electron chi connectivity index (χ0n) is 11.8. The second kappa shape index (κ2) is 5.89. The summed E-state index contributed by atoms with van der Waals surface area (Å²) in [5.74, 6) is 0.966. The molecule has 2 aromatic carbocycles. The van der Waals surface area contributed by atoms with E-state index in [4.69, 9.17) is 10.5 Å². The minimum Gasteiger partial charge on any atom is -0.488 e. The fourth-order valence-corrected chi connectivity index (χ4v) is 2.20. The summed E-state index contributed by atoms with van der Waals surface area (Å²) in [5.41, 5.74) is 10.5. The molecule has 0 amide bonds. The third-order valence-electron chi connectivity index (χ3n) is 3.23. The molecule has 0 radical (unpaired) electrons. The zero-order chi connectivity index (χ0) is 13.8. The molecule has 0 aromatic heterocycles. The summed E-state index contributed by atoms with van der Waals surface area (Å²) in [6.45, 7) is 6.73. The Morgan fingerprint density at radius 3 is 2.16 bits per heavy atom. The Labute approximate surface area is 115 Å². The van der Waals surface area contributed by atoms with Crippen LogP contribution in [0.2, 0.25) is 0 Å². The molecular formula is C17H21NO. The summed E-state index contributed by atoms with van der Waals surface area (Å²) in [4.78, 5) is 0. The zero-order valence-corrected chi connectivity index (χ0v) is 11.8. The largest absolute Gasteiger partial charge is 0.488 e. The van der Waals surface area contributed by atoms with Gasteiger partial charge in [-0.15, -0.1) is 0 Å². The molecule has 0 aliphatic heterocycles. The van der Waals surface area contributed by atoms with Gasteiger partial charge >= 0.3 is 0 Å². The molecule has 19 heavy (non-hydrogen) atoms. The highest BCUT2D eigenvalue weighted by atomic mass is 16.5. The van der Waals surface area contributed by atoms with Gasteiger partial charge in [0.1, 0.15) is 12.4 Å². The van der Waals surface area contributed by atoms with Crippen molar-refractivity contribution in [2.24, 2.45) is 5.73 Å². The molecule has 2 heteroatoms. The average molecular weight is 255 g/mol. The minimum absolute atomic E-state index is 0.0561. The highest BCUT2D eigenvalue weighted by Crippen LogP contribution is 2.27. The van der Waals surface area contributed by atoms with Gasteiger partial charge in [0.05, 0.1) is 0 Å². The van der Waals surface area contributed by atoms with Crippen LogP contribution in [0.15, 0.2) is 42.5 Å². The van der Waals surface area contributed by atoms with Crippen LogP contribution >= 0.6 is 0 Å². The summed E-state index contributed by atoms with van der Waals surface area (Å²) in [6, 6.07) is 14.5. The van der Waals surface area contributed by atoms with Crippen LogP contribution in [-0.4, -0.2) is 0 Å². The Hall–Kier alpha value is -1.80. The topological polar surface area (TPSA) is 35.2 Å². The fourth-order valence-electron chi connectivity index (χ4n) is 2.20. The van der Waals surface area contributed by atoms with Gasteiger partial charge in [-0.3, -0.25) is 0 Å². The first-order valence-electron chi connectivity index (χ1n) is 6.61. The van der Waals surface area contributed by atoms with Crippen LogP contribution in [0.25, 0.3) is 0 Å². The molecule has 0 aliphatic carbocycles. The lowest BCUT2D eigenvalue weighted by Crippen LogP contribution is -2.07. The molecule has 2 rings (SSSR count). The van der Waals surface area contributed by atoms with E-state index in [0.29, 0.717) is 6.61 Å². The normalized spacial score (nSPS) is 12.2. The third kappa shape index (κ3) is 3.36. The summed E-state index contributed by atoms with van der Waals surface area (Å²) < 4.78 is 5.95. The van der Waals surface area contributed by atoms with Crippen molar-refractivity contribution < 1.29 is 4.74 Å². The van der Waals surface area contributed by atoms with Crippen molar-refractivity contribution in [3.8, 4) is 5.75 Å². The molecule has 2 N–H and O–H groups in total. The Morgan fingerprint density at radius 1 is 1.05 bits per heavy atom. The van der Waals surface area contributed by atoms with Crippen molar-refractivity contribution in [3.05, 3.63) is 64.7 Å². The van der Waals surface area contributed by atoms with Crippen molar-refractivity contribution in [3.63, 3.8) is 0 Å². The first kappa shape index (κ1) is 13.6. The number of hydrogen-bond acceptors (Lipinski definition) is 2. The van der Waals surface area contributed by atoms with Gasteiger partial charge in [0, 0.05) is 6.04 Å². The maximum absolute atomic E-state index is 5.95. The van der Waals surface area contributed by atoms with Crippen LogP contribution < -0.4 is 10.5 Å². The highest BCUT2D eigenvalue weighted by Gasteiger charge is 2.09. The van der Waals surface area contributed by atoms with E-state index in [-0.39, 0.29) is 6.04 Å². The number of benzene rings is 2. The van der Waals surface area contributed by atoms with E-state index < -0.39 is 0 Å². The second-order valence-electron chi connectivity index (χ2n) is 5.05. The molecule has 2 aromatic rings.